The fraction of sp³-hybridized carbons (Fsp3) is 0. The second-order valence-corrected chi connectivity index (χ2v) is 1.69. The van der Waals surface area contributed by atoms with Gasteiger partial charge in [0.1, 0.15) is 8.93 Å². The average Bonchev–Trinajstić information content (AvgIpc) is 0.811. The Hall–Kier alpha value is 0.330. The minimum atomic E-state index is -2.43. The highest BCUT2D eigenvalue weighted by molar-refractivity contribution is 7.99. The summed E-state index contributed by atoms with van der Waals surface area (Å²) in [4.78, 5) is 0. The van der Waals surface area contributed by atoms with E-state index in [1.165, 1.54) is 0 Å². The van der Waals surface area contributed by atoms with Crippen LogP contribution in [0.3, 0.4) is 0 Å². The number of rotatable bonds is 0. The van der Waals surface area contributed by atoms with Gasteiger partial charge in [-0.05, 0) is 0 Å². The van der Waals surface area contributed by atoms with E-state index in [4.69, 9.17) is 9.13 Å². The van der Waals surface area contributed by atoms with Crippen LogP contribution in [0, 0.1) is 0 Å². The van der Waals surface area contributed by atoms with E-state index >= 15 is 0 Å². The van der Waals surface area contributed by atoms with Crippen molar-refractivity contribution in [1.29, 1.82) is 0 Å². The molecule has 4 heavy (non-hydrogen) atoms. The van der Waals surface area contributed by atoms with Gasteiger partial charge in [-0.3, -0.25) is 0 Å². The third-order valence-electron chi connectivity index (χ3n) is 0. The molecule has 0 aliphatic heterocycles. The Morgan fingerprint density at radius 3 is 1.50 bits per heavy atom. The van der Waals surface area contributed by atoms with Gasteiger partial charge in [0.25, 0.3) is 0 Å². The van der Waals surface area contributed by atoms with Gasteiger partial charge < -0.3 is 0 Å². The fourth-order valence-electron chi connectivity index (χ4n) is 0. The number of hydrogen-bond donors (Lipinski definition) is 0. The maximum atomic E-state index is 8.90. The number of hydrogen-bond acceptors (Lipinski definition) is 2. The lowest BCUT2D eigenvalue weighted by atomic mass is 15.9. The van der Waals surface area contributed by atoms with Gasteiger partial charge in [-0.2, -0.15) is 0 Å². The highest BCUT2D eigenvalue weighted by Crippen LogP contribution is 2.11. The Labute approximate surface area is 26.5 Å². The van der Waals surface area contributed by atoms with Crippen LogP contribution in [0.1, 0.15) is 0 Å². The molecule has 0 amide bonds. The monoisotopic (exact) mass is 93.9 g/mol. The van der Waals surface area contributed by atoms with Gasteiger partial charge in [0.2, 0.25) is 0 Å². The van der Waals surface area contributed by atoms with Crippen molar-refractivity contribution in [3.05, 3.63) is 0 Å². The van der Waals surface area contributed by atoms with E-state index in [0.29, 0.717) is 0 Å². The van der Waals surface area contributed by atoms with E-state index in [2.05, 4.69) is 8.93 Å². The van der Waals surface area contributed by atoms with Gasteiger partial charge in [-0.25, -0.2) is 9.13 Å². The van der Waals surface area contributed by atoms with Crippen LogP contribution in [0.25, 0.3) is 0 Å². The summed E-state index contributed by atoms with van der Waals surface area (Å²) >= 11 is 0. The first kappa shape index (κ1) is 4.33. The average molecular weight is 93.9 g/mol. The van der Waals surface area contributed by atoms with Gasteiger partial charge in [0, 0.05) is 0 Å². The van der Waals surface area contributed by atoms with Crippen molar-refractivity contribution in [2.24, 2.45) is 0 Å². The molecule has 0 fully saturated rings. The van der Waals surface area contributed by atoms with Crippen LogP contribution < -0.4 is 0 Å². The Kier molecular flexibility index (Phi) is 1.76. The lowest BCUT2D eigenvalue weighted by Crippen LogP contribution is -0.929. The zero-order valence-electron chi connectivity index (χ0n) is 1.71. The zero-order valence-corrected chi connectivity index (χ0v) is 3.50. The van der Waals surface area contributed by atoms with Crippen molar-refractivity contribution in [3.63, 3.8) is 0 Å². The van der Waals surface area contributed by atoms with E-state index in [-0.39, 0.29) is 0 Å². The molecular weight excluding hydrogens is 93.9 g/mol. The summed E-state index contributed by atoms with van der Waals surface area (Å²) in [7, 11) is 0.494. The molecule has 0 aliphatic rings. The molecule has 0 atom stereocenters. The molecule has 22 valence electrons. The first-order valence-corrected chi connectivity index (χ1v) is 2.90. The third kappa shape index (κ3) is 37.8. The molecule has 0 aromatic heterocycles. The van der Waals surface area contributed by atoms with Crippen LogP contribution in [-0.4, -0.2) is 0 Å². The molecule has 0 aromatic carbocycles. The van der Waals surface area contributed by atoms with Crippen molar-refractivity contribution < 1.29 is 9.13 Å². The van der Waals surface area contributed by atoms with E-state index < -0.39 is 7.37 Å². The standard InChI is InChI=1S/O2P2/c1-4(2)3. The van der Waals surface area contributed by atoms with Gasteiger partial charge in [0.15, 0.2) is 0 Å². The maximum Gasteiger partial charge on any atom is 0.347 e. The minimum absolute atomic E-state index is 2.43. The molecular formula is O2P2. The lowest BCUT2D eigenvalue weighted by molar-refractivity contribution is 0.527. The van der Waals surface area contributed by atoms with E-state index in [0.717, 1.165) is 0 Å². The molecule has 0 unspecified atom stereocenters. The fourth-order valence-corrected chi connectivity index (χ4v) is 0. The molecule has 0 heterocycles. The molecule has 4 heteroatoms. The summed E-state index contributed by atoms with van der Waals surface area (Å²) in [6.07, 6.45) is 0. The summed E-state index contributed by atoms with van der Waals surface area (Å²) in [5.74, 6) is 0. The topological polar surface area (TPSA) is 34.1 Å². The Bertz CT molecular complexity index is 52.4. The molecule has 0 bridgehead atoms. The van der Waals surface area contributed by atoms with Crippen molar-refractivity contribution in [2.75, 3.05) is 0 Å². The van der Waals surface area contributed by atoms with Crippen LogP contribution in [0.2, 0.25) is 0 Å². The Morgan fingerprint density at radius 2 is 1.50 bits per heavy atom. The van der Waals surface area contributed by atoms with Gasteiger partial charge in [-0.15, -0.1) is 0 Å². The van der Waals surface area contributed by atoms with E-state index in [1.54, 1.807) is 0 Å². The summed E-state index contributed by atoms with van der Waals surface area (Å²) in [5, 5.41) is 0. The van der Waals surface area contributed by atoms with Crippen molar-refractivity contribution in [2.45, 2.75) is 0 Å². The third-order valence-corrected chi connectivity index (χ3v) is 0. The van der Waals surface area contributed by atoms with Crippen LogP contribution in [0.4, 0.5) is 0 Å². The second kappa shape index (κ2) is 1.63. The first-order chi connectivity index (χ1) is 1.73. The molecule has 0 saturated carbocycles. The molecule has 0 aromatic rings. The largest absolute Gasteiger partial charge is 0.347 e. The summed E-state index contributed by atoms with van der Waals surface area (Å²) in [6, 6.07) is 0. The molecule has 0 N–H and O–H groups in total. The summed E-state index contributed by atoms with van der Waals surface area (Å²) in [6.45, 7) is 0. The smallest absolute Gasteiger partial charge is 0.232 e. The molecule has 2 radical (unpaired) electrons. The van der Waals surface area contributed by atoms with Crippen LogP contribution in [0.5, 0.6) is 0 Å². The normalized spacial score (nSPS) is 6.25. The zero-order chi connectivity index (χ0) is 3.58. The highest BCUT2D eigenvalue weighted by Gasteiger charge is 1.58. The van der Waals surface area contributed by atoms with Crippen LogP contribution >= 0.6 is 16.3 Å². The summed E-state index contributed by atoms with van der Waals surface area (Å²) < 4.78 is 17.8. The Morgan fingerprint density at radius 1 is 1.50 bits per heavy atom. The molecule has 0 saturated heterocycles. The SMILES string of the molecule is O=P(=O)[P]. The van der Waals surface area contributed by atoms with Crippen molar-refractivity contribution in [3.8, 4) is 0 Å². The first-order valence-electron chi connectivity index (χ1n) is 0.565. The van der Waals surface area contributed by atoms with Crippen LogP contribution in [0.15, 0.2) is 0 Å². The maximum absolute atomic E-state index is 8.90. The minimum Gasteiger partial charge on any atom is -0.232 e. The predicted octanol–water partition coefficient (Wildman–Crippen LogP) is 1.48. The quantitative estimate of drug-likeness (QED) is 0.426. The van der Waals surface area contributed by atoms with E-state index in [1.807, 2.05) is 0 Å². The molecule has 2 nitrogen and oxygen atoms in total. The Balaban J connectivity index is 3.51. The molecule has 0 spiro atoms. The second-order valence-electron chi connectivity index (χ2n) is 0.238. The van der Waals surface area contributed by atoms with Crippen LogP contribution in [-0.2, 0) is 9.13 Å². The molecule has 0 aliphatic carbocycles. The van der Waals surface area contributed by atoms with Gasteiger partial charge >= 0.3 is 7.37 Å². The predicted molar refractivity (Wildman–Crippen MR) is 15.2 cm³/mol. The van der Waals surface area contributed by atoms with Gasteiger partial charge in [0.05, 0.1) is 0 Å². The lowest BCUT2D eigenvalue weighted by Gasteiger charge is -1.30. The van der Waals surface area contributed by atoms with Crippen molar-refractivity contribution in [1.82, 2.24) is 0 Å². The van der Waals surface area contributed by atoms with Gasteiger partial charge in [-0.1, -0.05) is 0 Å². The van der Waals surface area contributed by atoms with E-state index in [9.17, 15) is 0 Å². The summed E-state index contributed by atoms with van der Waals surface area (Å²) in [5.41, 5.74) is 0. The highest BCUT2D eigenvalue weighted by atomic mass is 32.0. The molecule has 0 rings (SSSR count). The van der Waals surface area contributed by atoms with Crippen molar-refractivity contribution >= 4 is 16.3 Å².